The Labute approximate surface area is 98.2 Å². The van der Waals surface area contributed by atoms with Gasteiger partial charge in [-0.2, -0.15) is 0 Å². The summed E-state index contributed by atoms with van der Waals surface area (Å²) in [5, 5.41) is 13.1. The molecule has 1 amide bonds. The lowest BCUT2D eigenvalue weighted by Gasteiger charge is -2.03. The summed E-state index contributed by atoms with van der Waals surface area (Å²) in [5.74, 6) is 5.39. The average Bonchev–Trinajstić information content (AvgIpc) is 2.71. The van der Waals surface area contributed by atoms with E-state index < -0.39 is 6.09 Å². The molecule has 1 aromatic heterocycles. The molecule has 0 atom stereocenters. The molecule has 86 valence electrons. The van der Waals surface area contributed by atoms with Crippen LogP contribution in [-0.4, -0.2) is 24.4 Å². The fourth-order valence-electron chi connectivity index (χ4n) is 1.06. The molecule has 0 aromatic carbocycles. The molecule has 1 heterocycles. The summed E-state index contributed by atoms with van der Waals surface area (Å²) in [6.45, 7) is 2.34. The van der Waals surface area contributed by atoms with Crippen LogP contribution in [0.1, 0.15) is 17.4 Å². The summed E-state index contributed by atoms with van der Waals surface area (Å²) in [5.41, 5.74) is 0.829. The highest BCUT2D eigenvalue weighted by atomic mass is 32.1. The molecule has 0 fully saturated rings. The Hall–Kier alpha value is -1.51. The van der Waals surface area contributed by atoms with Crippen LogP contribution >= 0.6 is 11.3 Å². The van der Waals surface area contributed by atoms with Crippen LogP contribution in [0.15, 0.2) is 11.4 Å². The third-order valence-electron chi connectivity index (χ3n) is 1.72. The number of aliphatic hydroxyl groups is 1. The molecule has 0 unspecified atom stereocenters. The number of hydrogen-bond donors (Lipinski definition) is 2. The molecule has 0 aliphatic rings. The number of carbonyl (C=O) groups excluding carboxylic acids is 1. The van der Waals surface area contributed by atoms with Gasteiger partial charge in [0.05, 0.1) is 13.2 Å². The van der Waals surface area contributed by atoms with Crippen LogP contribution in [-0.2, 0) is 11.3 Å². The molecule has 0 bridgehead atoms. The van der Waals surface area contributed by atoms with Crippen LogP contribution in [0.2, 0.25) is 0 Å². The molecule has 5 heteroatoms. The number of rotatable bonds is 3. The van der Waals surface area contributed by atoms with Gasteiger partial charge in [-0.3, -0.25) is 0 Å². The van der Waals surface area contributed by atoms with Crippen LogP contribution < -0.4 is 5.32 Å². The standard InChI is InChI=1S/C11H13NO3S/c1-2-15-11(14)12-8-10-9(4-3-6-13)5-7-16-10/h5,7,13H,2,6,8H2,1H3,(H,12,14). The van der Waals surface area contributed by atoms with E-state index in [1.54, 1.807) is 6.92 Å². The molecular formula is C11H13NO3S. The van der Waals surface area contributed by atoms with Crippen LogP contribution in [0.4, 0.5) is 4.79 Å². The minimum absolute atomic E-state index is 0.166. The van der Waals surface area contributed by atoms with Crippen LogP contribution in [0.3, 0.4) is 0 Å². The summed E-state index contributed by atoms with van der Waals surface area (Å²) in [6.07, 6.45) is -0.433. The molecule has 0 aliphatic heterocycles. The van der Waals surface area contributed by atoms with Crippen molar-refractivity contribution in [2.75, 3.05) is 13.2 Å². The lowest BCUT2D eigenvalue weighted by molar-refractivity contribution is 0.152. The van der Waals surface area contributed by atoms with E-state index in [9.17, 15) is 4.79 Å². The molecule has 2 N–H and O–H groups in total. The Morgan fingerprint density at radius 1 is 1.69 bits per heavy atom. The van der Waals surface area contributed by atoms with Crippen molar-refractivity contribution in [2.45, 2.75) is 13.5 Å². The summed E-state index contributed by atoms with van der Waals surface area (Å²) in [4.78, 5) is 12.0. The first kappa shape index (κ1) is 12.6. The van der Waals surface area contributed by atoms with Crippen molar-refractivity contribution in [3.63, 3.8) is 0 Å². The second-order valence-electron chi connectivity index (χ2n) is 2.79. The van der Waals surface area contributed by atoms with Gasteiger partial charge in [-0.15, -0.1) is 11.3 Å². The lowest BCUT2D eigenvalue weighted by Crippen LogP contribution is -2.23. The minimum atomic E-state index is -0.433. The first-order valence-corrected chi connectivity index (χ1v) is 5.72. The average molecular weight is 239 g/mol. The summed E-state index contributed by atoms with van der Waals surface area (Å²) < 4.78 is 4.74. The Bertz CT molecular complexity index is 403. The topological polar surface area (TPSA) is 58.6 Å². The van der Waals surface area contributed by atoms with Crippen molar-refractivity contribution < 1.29 is 14.6 Å². The predicted octanol–water partition coefficient (Wildman–Crippen LogP) is 1.34. The van der Waals surface area contributed by atoms with Gasteiger partial charge in [0.25, 0.3) is 0 Å². The largest absolute Gasteiger partial charge is 0.450 e. The summed E-state index contributed by atoms with van der Waals surface area (Å²) in [7, 11) is 0. The first-order valence-electron chi connectivity index (χ1n) is 4.84. The Balaban J connectivity index is 2.54. The zero-order valence-electron chi connectivity index (χ0n) is 8.95. The van der Waals surface area contributed by atoms with Gasteiger partial charge in [-0.1, -0.05) is 11.8 Å². The lowest BCUT2D eigenvalue weighted by atomic mass is 10.2. The van der Waals surface area contributed by atoms with Crippen molar-refractivity contribution in [2.24, 2.45) is 0 Å². The molecular weight excluding hydrogens is 226 g/mol. The van der Waals surface area contributed by atoms with Gasteiger partial charge in [0.1, 0.15) is 6.61 Å². The number of nitrogens with one attached hydrogen (secondary N) is 1. The number of ether oxygens (including phenoxy) is 1. The maximum atomic E-state index is 11.1. The van der Waals surface area contributed by atoms with Gasteiger partial charge in [-0.05, 0) is 18.4 Å². The molecule has 0 spiro atoms. The number of alkyl carbamates (subject to hydrolysis) is 1. The van der Waals surface area contributed by atoms with Gasteiger partial charge in [0.15, 0.2) is 0 Å². The Morgan fingerprint density at radius 3 is 3.19 bits per heavy atom. The fourth-order valence-corrected chi connectivity index (χ4v) is 1.83. The predicted molar refractivity (Wildman–Crippen MR) is 62.1 cm³/mol. The minimum Gasteiger partial charge on any atom is -0.450 e. The zero-order valence-corrected chi connectivity index (χ0v) is 9.76. The van der Waals surface area contributed by atoms with Crippen molar-refractivity contribution in [3.05, 3.63) is 21.9 Å². The zero-order chi connectivity index (χ0) is 11.8. The highest BCUT2D eigenvalue weighted by Crippen LogP contribution is 2.15. The maximum absolute atomic E-state index is 11.1. The number of aliphatic hydroxyl groups excluding tert-OH is 1. The van der Waals surface area contributed by atoms with E-state index in [0.717, 1.165) is 10.4 Å². The molecule has 0 saturated heterocycles. The molecule has 0 aliphatic carbocycles. The monoisotopic (exact) mass is 239 g/mol. The van der Waals surface area contributed by atoms with Gasteiger partial charge < -0.3 is 15.2 Å². The molecule has 1 rings (SSSR count). The second-order valence-corrected chi connectivity index (χ2v) is 3.79. The van der Waals surface area contributed by atoms with E-state index in [1.807, 2.05) is 11.4 Å². The van der Waals surface area contributed by atoms with Gasteiger partial charge >= 0.3 is 6.09 Å². The van der Waals surface area contributed by atoms with E-state index >= 15 is 0 Å². The van der Waals surface area contributed by atoms with Gasteiger partial charge in [0, 0.05) is 10.4 Å². The molecule has 0 saturated carbocycles. The SMILES string of the molecule is CCOC(=O)NCc1sccc1C#CCO. The van der Waals surface area contributed by atoms with Crippen molar-refractivity contribution in [1.29, 1.82) is 0 Å². The second kappa shape index (κ2) is 6.88. The van der Waals surface area contributed by atoms with Gasteiger partial charge in [-0.25, -0.2) is 4.79 Å². The van der Waals surface area contributed by atoms with E-state index in [2.05, 4.69) is 17.2 Å². The van der Waals surface area contributed by atoms with Crippen molar-refractivity contribution in [3.8, 4) is 11.8 Å². The highest BCUT2D eigenvalue weighted by Gasteiger charge is 2.04. The number of hydrogen-bond acceptors (Lipinski definition) is 4. The third-order valence-corrected chi connectivity index (χ3v) is 2.64. The number of carbonyl (C=O) groups is 1. The van der Waals surface area contributed by atoms with Crippen LogP contribution in [0.25, 0.3) is 0 Å². The molecule has 0 radical (unpaired) electrons. The van der Waals surface area contributed by atoms with Gasteiger partial charge in [0.2, 0.25) is 0 Å². The maximum Gasteiger partial charge on any atom is 0.407 e. The number of thiophene rings is 1. The van der Waals surface area contributed by atoms with E-state index in [1.165, 1.54) is 11.3 Å². The van der Waals surface area contributed by atoms with E-state index in [4.69, 9.17) is 9.84 Å². The quantitative estimate of drug-likeness (QED) is 0.782. The highest BCUT2D eigenvalue weighted by molar-refractivity contribution is 7.10. The number of amides is 1. The third kappa shape index (κ3) is 3.93. The summed E-state index contributed by atoms with van der Waals surface area (Å²) in [6, 6.07) is 1.86. The fraction of sp³-hybridized carbons (Fsp3) is 0.364. The van der Waals surface area contributed by atoms with Crippen LogP contribution in [0.5, 0.6) is 0 Å². The first-order chi connectivity index (χ1) is 7.77. The normalized spacial score (nSPS) is 9.12. The molecule has 16 heavy (non-hydrogen) atoms. The Morgan fingerprint density at radius 2 is 2.50 bits per heavy atom. The Kier molecular flexibility index (Phi) is 5.40. The van der Waals surface area contributed by atoms with Crippen molar-refractivity contribution in [1.82, 2.24) is 5.32 Å². The van der Waals surface area contributed by atoms with E-state index in [0.29, 0.717) is 13.2 Å². The smallest absolute Gasteiger partial charge is 0.407 e. The summed E-state index contributed by atoms with van der Waals surface area (Å²) >= 11 is 1.51. The van der Waals surface area contributed by atoms with E-state index in [-0.39, 0.29) is 6.61 Å². The molecule has 1 aromatic rings. The van der Waals surface area contributed by atoms with Crippen LogP contribution in [0, 0.1) is 11.8 Å². The van der Waals surface area contributed by atoms with Crippen molar-refractivity contribution >= 4 is 17.4 Å². The molecule has 4 nitrogen and oxygen atoms in total.